The van der Waals surface area contributed by atoms with Crippen molar-refractivity contribution >= 4 is 11.7 Å². The maximum Gasteiger partial charge on any atom is 0.319 e. The Labute approximate surface area is 127 Å². The summed E-state index contributed by atoms with van der Waals surface area (Å²) >= 11 is 0. The topological polar surface area (TPSA) is 70.6 Å². The molecule has 0 aromatic heterocycles. The first kappa shape index (κ1) is 15.6. The van der Waals surface area contributed by atoms with E-state index in [9.17, 15) is 14.3 Å². The van der Waals surface area contributed by atoms with E-state index in [1.807, 2.05) is 0 Å². The molecular formula is C16H17FN2O3. The fourth-order valence-electron chi connectivity index (χ4n) is 2.01. The van der Waals surface area contributed by atoms with Gasteiger partial charge in [-0.15, -0.1) is 0 Å². The van der Waals surface area contributed by atoms with Crippen LogP contribution < -0.4 is 15.4 Å². The zero-order valence-corrected chi connectivity index (χ0v) is 12.3. The Kier molecular flexibility index (Phi) is 4.83. The van der Waals surface area contributed by atoms with Gasteiger partial charge in [-0.1, -0.05) is 6.07 Å². The van der Waals surface area contributed by atoms with Gasteiger partial charge in [-0.25, -0.2) is 9.18 Å². The molecule has 0 aliphatic rings. The summed E-state index contributed by atoms with van der Waals surface area (Å²) in [7, 11) is 1.52. The van der Waals surface area contributed by atoms with E-state index in [2.05, 4.69) is 10.6 Å². The maximum atomic E-state index is 13.1. The van der Waals surface area contributed by atoms with Gasteiger partial charge in [0.25, 0.3) is 0 Å². The molecule has 2 aromatic rings. The predicted octanol–water partition coefficient (Wildman–Crippen LogP) is 3.42. The highest BCUT2D eigenvalue weighted by Crippen LogP contribution is 2.28. The van der Waals surface area contributed by atoms with Gasteiger partial charge in [-0.2, -0.15) is 0 Å². The van der Waals surface area contributed by atoms with Gasteiger partial charge < -0.3 is 20.5 Å². The largest absolute Gasteiger partial charge is 0.508 e. The SMILES string of the molecule is COc1ccc(O)c(C(C)NC(=O)Nc2cccc(F)c2)c1. The van der Waals surface area contributed by atoms with Crippen LogP contribution in [0.2, 0.25) is 0 Å². The summed E-state index contributed by atoms with van der Waals surface area (Å²) in [6, 6.07) is 9.40. The molecule has 1 unspecified atom stereocenters. The van der Waals surface area contributed by atoms with Gasteiger partial charge >= 0.3 is 6.03 Å². The second-order valence-corrected chi connectivity index (χ2v) is 4.76. The summed E-state index contributed by atoms with van der Waals surface area (Å²) in [5.74, 6) is 0.197. The summed E-state index contributed by atoms with van der Waals surface area (Å²) < 4.78 is 18.2. The second-order valence-electron chi connectivity index (χ2n) is 4.76. The first-order valence-electron chi connectivity index (χ1n) is 6.69. The molecule has 0 spiro atoms. The number of phenolic OH excluding ortho intramolecular Hbond substituents is 1. The molecule has 0 saturated heterocycles. The van der Waals surface area contributed by atoms with Crippen LogP contribution >= 0.6 is 0 Å². The minimum absolute atomic E-state index is 0.0550. The summed E-state index contributed by atoms with van der Waals surface area (Å²) in [5, 5.41) is 15.1. The van der Waals surface area contributed by atoms with E-state index in [4.69, 9.17) is 4.74 Å². The minimum Gasteiger partial charge on any atom is -0.508 e. The number of ether oxygens (including phenoxy) is 1. The third-order valence-electron chi connectivity index (χ3n) is 3.13. The molecule has 0 radical (unpaired) electrons. The highest BCUT2D eigenvalue weighted by molar-refractivity contribution is 5.89. The van der Waals surface area contributed by atoms with Crippen LogP contribution in [-0.2, 0) is 0 Å². The Morgan fingerprint density at radius 3 is 2.73 bits per heavy atom. The van der Waals surface area contributed by atoms with Gasteiger partial charge in [0, 0.05) is 11.3 Å². The number of halogens is 1. The molecule has 0 fully saturated rings. The summed E-state index contributed by atoms with van der Waals surface area (Å²) in [6.07, 6.45) is 0. The number of rotatable bonds is 4. The number of hydrogen-bond donors (Lipinski definition) is 3. The fourth-order valence-corrected chi connectivity index (χ4v) is 2.01. The van der Waals surface area contributed by atoms with Gasteiger partial charge in [-0.05, 0) is 43.3 Å². The van der Waals surface area contributed by atoms with Crippen molar-refractivity contribution in [1.82, 2.24) is 5.32 Å². The molecule has 5 nitrogen and oxygen atoms in total. The molecule has 0 bridgehead atoms. The average Bonchev–Trinajstić information content (AvgIpc) is 2.47. The molecule has 116 valence electrons. The molecule has 2 rings (SSSR count). The highest BCUT2D eigenvalue weighted by atomic mass is 19.1. The molecule has 0 heterocycles. The summed E-state index contributed by atoms with van der Waals surface area (Å²) in [5.41, 5.74) is 0.869. The molecule has 0 aliphatic carbocycles. The van der Waals surface area contributed by atoms with Crippen molar-refractivity contribution in [2.75, 3.05) is 12.4 Å². The standard InChI is InChI=1S/C16H17FN2O3/c1-10(14-9-13(22-2)6-7-15(14)20)18-16(21)19-12-5-3-4-11(17)8-12/h3-10,20H,1-2H3,(H2,18,19,21). The van der Waals surface area contributed by atoms with E-state index in [-0.39, 0.29) is 5.75 Å². The lowest BCUT2D eigenvalue weighted by molar-refractivity contribution is 0.249. The van der Waals surface area contributed by atoms with E-state index in [1.54, 1.807) is 25.1 Å². The van der Waals surface area contributed by atoms with Crippen LogP contribution in [0.15, 0.2) is 42.5 Å². The van der Waals surface area contributed by atoms with Crippen LogP contribution in [0.4, 0.5) is 14.9 Å². The van der Waals surface area contributed by atoms with Crippen molar-refractivity contribution in [3.8, 4) is 11.5 Å². The van der Waals surface area contributed by atoms with Crippen LogP contribution in [0.5, 0.6) is 11.5 Å². The van der Waals surface area contributed by atoms with Crippen molar-refractivity contribution in [2.24, 2.45) is 0 Å². The second kappa shape index (κ2) is 6.80. The number of phenols is 1. The third-order valence-corrected chi connectivity index (χ3v) is 3.13. The van der Waals surface area contributed by atoms with E-state index >= 15 is 0 Å². The number of methoxy groups -OCH3 is 1. The molecule has 6 heteroatoms. The van der Waals surface area contributed by atoms with Crippen LogP contribution in [0.25, 0.3) is 0 Å². The van der Waals surface area contributed by atoms with Crippen LogP contribution in [0, 0.1) is 5.82 Å². The summed E-state index contributed by atoms with van der Waals surface area (Å²) in [4.78, 5) is 11.9. The molecule has 2 amide bonds. The molecule has 2 aromatic carbocycles. The van der Waals surface area contributed by atoms with Crippen molar-refractivity contribution in [1.29, 1.82) is 0 Å². The van der Waals surface area contributed by atoms with Crippen molar-refractivity contribution < 1.29 is 19.0 Å². The number of anilines is 1. The maximum absolute atomic E-state index is 13.1. The Balaban J connectivity index is 2.05. The fraction of sp³-hybridized carbons (Fsp3) is 0.188. The number of benzene rings is 2. The molecule has 3 N–H and O–H groups in total. The van der Waals surface area contributed by atoms with Crippen molar-refractivity contribution in [3.05, 3.63) is 53.8 Å². The number of aromatic hydroxyl groups is 1. The average molecular weight is 304 g/mol. The lowest BCUT2D eigenvalue weighted by Crippen LogP contribution is -2.31. The molecule has 1 atom stereocenters. The van der Waals surface area contributed by atoms with Gasteiger partial charge in [0.1, 0.15) is 17.3 Å². The number of nitrogens with one attached hydrogen (secondary N) is 2. The molecule has 22 heavy (non-hydrogen) atoms. The van der Waals surface area contributed by atoms with Gasteiger partial charge in [-0.3, -0.25) is 0 Å². The molecule has 0 saturated carbocycles. The molecular weight excluding hydrogens is 287 g/mol. The minimum atomic E-state index is -0.500. The van der Waals surface area contributed by atoms with Crippen molar-refractivity contribution in [2.45, 2.75) is 13.0 Å². The van der Waals surface area contributed by atoms with Gasteiger partial charge in [0.15, 0.2) is 0 Å². The monoisotopic (exact) mass is 304 g/mol. The zero-order valence-electron chi connectivity index (χ0n) is 12.3. The van der Waals surface area contributed by atoms with Crippen LogP contribution in [0.1, 0.15) is 18.5 Å². The lowest BCUT2D eigenvalue weighted by Gasteiger charge is -2.17. The van der Waals surface area contributed by atoms with E-state index in [0.29, 0.717) is 17.0 Å². The number of urea groups is 1. The Morgan fingerprint density at radius 1 is 1.27 bits per heavy atom. The van der Waals surface area contributed by atoms with E-state index < -0.39 is 17.9 Å². The number of amides is 2. The number of hydrogen-bond acceptors (Lipinski definition) is 3. The van der Waals surface area contributed by atoms with Crippen molar-refractivity contribution in [3.63, 3.8) is 0 Å². The summed E-state index contributed by atoms with van der Waals surface area (Å²) in [6.45, 7) is 1.72. The first-order chi connectivity index (χ1) is 10.5. The Bertz CT molecular complexity index is 676. The Morgan fingerprint density at radius 2 is 2.05 bits per heavy atom. The van der Waals surface area contributed by atoms with Crippen LogP contribution in [-0.4, -0.2) is 18.2 Å². The predicted molar refractivity (Wildman–Crippen MR) is 81.6 cm³/mol. The Hall–Kier alpha value is -2.76. The number of carbonyl (C=O) groups excluding carboxylic acids is 1. The normalized spacial score (nSPS) is 11.6. The van der Waals surface area contributed by atoms with Gasteiger partial charge in [0.05, 0.1) is 13.2 Å². The van der Waals surface area contributed by atoms with Crippen LogP contribution in [0.3, 0.4) is 0 Å². The zero-order chi connectivity index (χ0) is 16.1. The van der Waals surface area contributed by atoms with E-state index in [1.165, 1.54) is 31.4 Å². The van der Waals surface area contributed by atoms with E-state index in [0.717, 1.165) is 0 Å². The first-order valence-corrected chi connectivity index (χ1v) is 6.69. The highest BCUT2D eigenvalue weighted by Gasteiger charge is 2.14. The van der Waals surface area contributed by atoms with Gasteiger partial charge in [0.2, 0.25) is 0 Å². The third kappa shape index (κ3) is 3.88. The lowest BCUT2D eigenvalue weighted by atomic mass is 10.1. The smallest absolute Gasteiger partial charge is 0.319 e. The molecule has 0 aliphatic heterocycles. The number of carbonyl (C=O) groups is 1. The quantitative estimate of drug-likeness (QED) is 0.810.